The molecule has 0 aliphatic rings. The van der Waals surface area contributed by atoms with E-state index in [1.807, 2.05) is 0 Å². The van der Waals surface area contributed by atoms with E-state index in [0.717, 1.165) is 5.56 Å². The van der Waals surface area contributed by atoms with Gasteiger partial charge in [0.15, 0.2) is 0 Å². The number of carbonyl (C=O) groups is 1. The van der Waals surface area contributed by atoms with Crippen LogP contribution in [-0.2, 0) is 0 Å². The van der Waals surface area contributed by atoms with Crippen LogP contribution in [0.5, 0.6) is 5.75 Å². The zero-order valence-electron chi connectivity index (χ0n) is 11.0. The summed E-state index contributed by atoms with van der Waals surface area (Å²) in [5, 5.41) is 13.2. The summed E-state index contributed by atoms with van der Waals surface area (Å²) >= 11 is 0. The van der Waals surface area contributed by atoms with Crippen LogP contribution in [-0.4, -0.2) is 16.7 Å². The molecule has 0 radical (unpaired) electrons. The first-order valence-electron chi connectivity index (χ1n) is 6.06. The number of aromatic hydroxyl groups is 1. The molecule has 0 fully saturated rings. The van der Waals surface area contributed by atoms with Crippen LogP contribution in [0, 0.1) is 0 Å². The first-order chi connectivity index (χ1) is 9.56. The molecule has 102 valence electrons. The Labute approximate surface area is 116 Å². The standard InChI is InChI=1S/C15H15N3O2/c1-10(11-4-8-14(19)9-5-11)17-18-15(20)12-2-6-13(16)7-3-12/h2-9,19H,16H2,1H3,(H,18,20). The summed E-state index contributed by atoms with van der Waals surface area (Å²) in [6.45, 7) is 1.77. The molecule has 5 nitrogen and oxygen atoms in total. The topological polar surface area (TPSA) is 87.7 Å². The number of nitrogens with one attached hydrogen (secondary N) is 1. The number of rotatable bonds is 3. The Bertz CT molecular complexity index is 631. The van der Waals surface area contributed by atoms with Gasteiger partial charge in [-0.3, -0.25) is 4.79 Å². The number of hydrogen-bond donors (Lipinski definition) is 3. The number of nitrogens with zero attached hydrogens (tertiary/aromatic N) is 1. The van der Waals surface area contributed by atoms with Gasteiger partial charge in [0.1, 0.15) is 5.75 Å². The predicted molar refractivity (Wildman–Crippen MR) is 78.6 cm³/mol. The summed E-state index contributed by atoms with van der Waals surface area (Å²) in [5.41, 5.74) is 10.6. The minimum atomic E-state index is -0.303. The maximum absolute atomic E-state index is 11.8. The van der Waals surface area contributed by atoms with Crippen molar-refractivity contribution >= 4 is 17.3 Å². The lowest BCUT2D eigenvalue weighted by atomic mass is 10.1. The third-order valence-corrected chi connectivity index (χ3v) is 2.78. The smallest absolute Gasteiger partial charge is 0.271 e. The Kier molecular flexibility index (Phi) is 4.00. The van der Waals surface area contributed by atoms with E-state index in [4.69, 9.17) is 5.73 Å². The maximum Gasteiger partial charge on any atom is 0.271 e. The number of nitrogen functional groups attached to an aromatic ring is 1. The summed E-state index contributed by atoms with van der Waals surface area (Å²) in [6.07, 6.45) is 0. The number of amides is 1. The molecule has 5 heteroatoms. The molecule has 0 atom stereocenters. The number of hydrazone groups is 1. The van der Waals surface area contributed by atoms with Gasteiger partial charge >= 0.3 is 0 Å². The molecule has 2 aromatic rings. The van der Waals surface area contributed by atoms with Crippen molar-refractivity contribution in [3.05, 3.63) is 59.7 Å². The maximum atomic E-state index is 11.8. The van der Waals surface area contributed by atoms with Gasteiger partial charge in [0, 0.05) is 11.3 Å². The van der Waals surface area contributed by atoms with Crippen molar-refractivity contribution in [1.29, 1.82) is 0 Å². The number of benzene rings is 2. The number of phenols is 1. The molecule has 4 N–H and O–H groups in total. The largest absolute Gasteiger partial charge is 0.508 e. The summed E-state index contributed by atoms with van der Waals surface area (Å²) < 4.78 is 0. The molecule has 2 rings (SSSR count). The monoisotopic (exact) mass is 269 g/mol. The Balaban J connectivity index is 2.06. The zero-order valence-corrected chi connectivity index (χ0v) is 11.0. The number of carbonyl (C=O) groups excluding carboxylic acids is 1. The average molecular weight is 269 g/mol. The second kappa shape index (κ2) is 5.88. The lowest BCUT2D eigenvalue weighted by molar-refractivity contribution is 0.0955. The molecule has 1 amide bonds. The molecule has 0 heterocycles. The van der Waals surface area contributed by atoms with Gasteiger partial charge in [-0.15, -0.1) is 0 Å². The quantitative estimate of drug-likeness (QED) is 0.453. The van der Waals surface area contributed by atoms with Crippen molar-refractivity contribution < 1.29 is 9.90 Å². The van der Waals surface area contributed by atoms with Gasteiger partial charge in [0.2, 0.25) is 0 Å². The Morgan fingerprint density at radius 2 is 1.60 bits per heavy atom. The van der Waals surface area contributed by atoms with Crippen molar-refractivity contribution in [2.75, 3.05) is 5.73 Å². The van der Waals surface area contributed by atoms with Gasteiger partial charge in [-0.05, 0) is 61.0 Å². The van der Waals surface area contributed by atoms with Crippen molar-refractivity contribution in [2.24, 2.45) is 5.10 Å². The van der Waals surface area contributed by atoms with Crippen LogP contribution < -0.4 is 11.2 Å². The van der Waals surface area contributed by atoms with E-state index in [9.17, 15) is 9.90 Å². The molecule has 0 aromatic heterocycles. The highest BCUT2D eigenvalue weighted by Gasteiger charge is 2.04. The highest BCUT2D eigenvalue weighted by molar-refractivity contribution is 6.00. The van der Waals surface area contributed by atoms with Crippen LogP contribution in [0.1, 0.15) is 22.8 Å². The predicted octanol–water partition coefficient (Wildman–Crippen LogP) is 2.13. The fourth-order valence-corrected chi connectivity index (χ4v) is 1.60. The van der Waals surface area contributed by atoms with Crippen molar-refractivity contribution in [2.45, 2.75) is 6.92 Å². The van der Waals surface area contributed by atoms with E-state index in [0.29, 0.717) is 17.0 Å². The van der Waals surface area contributed by atoms with Crippen molar-refractivity contribution in [1.82, 2.24) is 5.43 Å². The lowest BCUT2D eigenvalue weighted by Crippen LogP contribution is -2.19. The third kappa shape index (κ3) is 3.35. The van der Waals surface area contributed by atoms with Gasteiger partial charge in [-0.1, -0.05) is 0 Å². The van der Waals surface area contributed by atoms with Gasteiger partial charge in [0.25, 0.3) is 5.91 Å². The van der Waals surface area contributed by atoms with Crippen LogP contribution in [0.25, 0.3) is 0 Å². The molecule has 0 unspecified atom stereocenters. The van der Waals surface area contributed by atoms with Gasteiger partial charge in [-0.2, -0.15) is 5.10 Å². The van der Waals surface area contributed by atoms with E-state index in [-0.39, 0.29) is 11.7 Å². The highest BCUT2D eigenvalue weighted by atomic mass is 16.3. The Morgan fingerprint density at radius 1 is 1.05 bits per heavy atom. The highest BCUT2D eigenvalue weighted by Crippen LogP contribution is 2.10. The molecule has 20 heavy (non-hydrogen) atoms. The minimum Gasteiger partial charge on any atom is -0.508 e. The fraction of sp³-hybridized carbons (Fsp3) is 0.0667. The van der Waals surface area contributed by atoms with E-state index in [1.54, 1.807) is 55.5 Å². The summed E-state index contributed by atoms with van der Waals surface area (Å²) in [7, 11) is 0. The van der Waals surface area contributed by atoms with Gasteiger partial charge in [0.05, 0.1) is 5.71 Å². The van der Waals surface area contributed by atoms with Crippen LogP contribution in [0.3, 0.4) is 0 Å². The first kappa shape index (κ1) is 13.6. The van der Waals surface area contributed by atoms with Gasteiger partial charge in [-0.25, -0.2) is 5.43 Å². The average Bonchev–Trinajstić information content (AvgIpc) is 2.46. The molecule has 0 saturated carbocycles. The van der Waals surface area contributed by atoms with Crippen LogP contribution >= 0.6 is 0 Å². The molecule has 0 aliphatic carbocycles. The Morgan fingerprint density at radius 3 is 2.20 bits per heavy atom. The van der Waals surface area contributed by atoms with E-state index >= 15 is 0 Å². The van der Waals surface area contributed by atoms with Gasteiger partial charge < -0.3 is 10.8 Å². The first-order valence-corrected chi connectivity index (χ1v) is 6.06. The molecule has 0 bridgehead atoms. The van der Waals surface area contributed by atoms with Crippen LogP contribution in [0.4, 0.5) is 5.69 Å². The van der Waals surface area contributed by atoms with E-state index in [1.165, 1.54) is 0 Å². The minimum absolute atomic E-state index is 0.187. The molecular weight excluding hydrogens is 254 g/mol. The number of anilines is 1. The Hall–Kier alpha value is -2.82. The lowest BCUT2D eigenvalue weighted by Gasteiger charge is -2.03. The summed E-state index contributed by atoms with van der Waals surface area (Å²) in [5.74, 6) is -0.115. The number of phenolic OH excluding ortho intramolecular Hbond substituents is 1. The number of hydrogen-bond acceptors (Lipinski definition) is 4. The third-order valence-electron chi connectivity index (χ3n) is 2.78. The molecule has 0 aliphatic heterocycles. The van der Waals surface area contributed by atoms with E-state index < -0.39 is 0 Å². The summed E-state index contributed by atoms with van der Waals surface area (Å²) in [6, 6.07) is 13.2. The molecule has 0 saturated heterocycles. The molecular formula is C15H15N3O2. The van der Waals surface area contributed by atoms with Crippen LogP contribution in [0.2, 0.25) is 0 Å². The van der Waals surface area contributed by atoms with Crippen molar-refractivity contribution in [3.63, 3.8) is 0 Å². The molecule has 2 aromatic carbocycles. The normalized spacial score (nSPS) is 11.2. The van der Waals surface area contributed by atoms with Crippen LogP contribution in [0.15, 0.2) is 53.6 Å². The fourth-order valence-electron chi connectivity index (χ4n) is 1.60. The second-order valence-corrected chi connectivity index (χ2v) is 4.31. The summed E-state index contributed by atoms with van der Waals surface area (Å²) in [4.78, 5) is 11.8. The second-order valence-electron chi connectivity index (χ2n) is 4.31. The van der Waals surface area contributed by atoms with Crippen molar-refractivity contribution in [3.8, 4) is 5.75 Å². The zero-order chi connectivity index (χ0) is 14.5. The molecule has 0 spiro atoms. The van der Waals surface area contributed by atoms with E-state index in [2.05, 4.69) is 10.5 Å². The number of nitrogens with two attached hydrogens (primary N) is 1. The SMILES string of the molecule is CC(=NNC(=O)c1ccc(N)cc1)c1ccc(O)cc1.